The number of carbonyl (C=O) groups is 2. The van der Waals surface area contributed by atoms with Gasteiger partial charge in [-0.25, -0.2) is 13.1 Å². The van der Waals surface area contributed by atoms with Gasteiger partial charge < -0.3 is 16.4 Å². The number of nitrogen functional groups attached to an aromatic ring is 1. The maximum absolute atomic E-state index is 13.8. The summed E-state index contributed by atoms with van der Waals surface area (Å²) >= 11 is 0. The van der Waals surface area contributed by atoms with E-state index in [-0.39, 0.29) is 30.5 Å². The minimum Gasteiger partial charge on any atom is -0.384 e. The van der Waals surface area contributed by atoms with Crippen LogP contribution in [0.3, 0.4) is 0 Å². The molecule has 2 amide bonds. The van der Waals surface area contributed by atoms with Crippen LogP contribution in [0.2, 0.25) is 0 Å². The van der Waals surface area contributed by atoms with Crippen molar-refractivity contribution >= 4 is 27.7 Å². The number of sulfonamides is 1. The van der Waals surface area contributed by atoms with Crippen molar-refractivity contribution in [1.82, 2.24) is 15.4 Å². The molecule has 0 radical (unpaired) electrons. The molecular formula is C36H41N5O4S. The minimum atomic E-state index is -3.88. The van der Waals surface area contributed by atoms with E-state index in [2.05, 4.69) is 15.4 Å². The Bertz CT molecular complexity index is 1670. The lowest BCUT2D eigenvalue weighted by Gasteiger charge is -2.23. The smallest absolute Gasteiger partial charge is 0.242 e. The predicted molar refractivity (Wildman–Crippen MR) is 181 cm³/mol. The number of hydrogen-bond donors (Lipinski definition) is 5. The third-order valence-corrected chi connectivity index (χ3v) is 8.93. The van der Waals surface area contributed by atoms with Gasteiger partial charge >= 0.3 is 0 Å². The third-order valence-electron chi connectivity index (χ3n) is 7.57. The van der Waals surface area contributed by atoms with E-state index < -0.39 is 28.0 Å². The number of nitrogens with one attached hydrogen (secondary N) is 4. The second kappa shape index (κ2) is 17.0. The van der Waals surface area contributed by atoms with Crippen molar-refractivity contribution in [2.24, 2.45) is 5.73 Å². The number of amides is 2. The lowest BCUT2D eigenvalue weighted by atomic mass is 10.0. The summed E-state index contributed by atoms with van der Waals surface area (Å²) in [5, 5.41) is 13.3. The van der Waals surface area contributed by atoms with Gasteiger partial charge in [-0.1, -0.05) is 115 Å². The summed E-state index contributed by atoms with van der Waals surface area (Å²) in [5.74, 6) is -1.24. The Labute approximate surface area is 271 Å². The second-order valence-electron chi connectivity index (χ2n) is 11.2. The van der Waals surface area contributed by atoms with Crippen LogP contribution in [0.1, 0.15) is 47.1 Å². The Balaban J connectivity index is 1.48. The Morgan fingerprint density at radius 1 is 0.652 bits per heavy atom. The molecule has 240 valence electrons. The monoisotopic (exact) mass is 639 g/mol. The van der Waals surface area contributed by atoms with Crippen LogP contribution in [0.4, 0.5) is 0 Å². The van der Waals surface area contributed by atoms with E-state index in [0.29, 0.717) is 36.8 Å². The molecule has 0 aliphatic rings. The second-order valence-corrected chi connectivity index (χ2v) is 13.0. The molecule has 4 rings (SSSR count). The van der Waals surface area contributed by atoms with Crippen LogP contribution in [0.15, 0.2) is 115 Å². The quantitative estimate of drug-likeness (QED) is 0.0865. The van der Waals surface area contributed by atoms with Crippen LogP contribution in [-0.4, -0.2) is 38.2 Å². The summed E-state index contributed by atoms with van der Waals surface area (Å²) in [6.45, 7) is 0.207. The van der Waals surface area contributed by atoms with E-state index in [0.717, 1.165) is 16.7 Å². The molecule has 0 saturated carbocycles. The standard InChI is InChI=1S/C36H41N5O4S/c37-34(38)31-22-19-29(20-23-31)25-39-35(42)32(24-21-28-13-6-2-7-14-28)40-36(43)33(18-10-17-27-11-4-1-5-12-27)41-46(44,45)26-30-15-8-3-9-16-30/h1-9,11-16,19-20,22-23,32-33,41H,10,17-18,21,24-26H2,(H3,37,38)(H,39,42)(H,40,43). The van der Waals surface area contributed by atoms with E-state index in [1.165, 1.54) is 0 Å². The van der Waals surface area contributed by atoms with Crippen LogP contribution in [-0.2, 0) is 44.8 Å². The summed E-state index contributed by atoms with van der Waals surface area (Å²) in [4.78, 5) is 27.2. The van der Waals surface area contributed by atoms with Crippen molar-refractivity contribution in [3.05, 3.63) is 143 Å². The largest absolute Gasteiger partial charge is 0.384 e. The molecular weight excluding hydrogens is 598 g/mol. The molecule has 6 N–H and O–H groups in total. The molecule has 10 heteroatoms. The van der Waals surface area contributed by atoms with Gasteiger partial charge in [0.15, 0.2) is 0 Å². The van der Waals surface area contributed by atoms with E-state index in [4.69, 9.17) is 11.1 Å². The maximum atomic E-state index is 13.8. The normalized spacial score (nSPS) is 12.5. The molecule has 0 fully saturated rings. The number of nitrogens with two attached hydrogens (primary N) is 1. The Hall–Kier alpha value is -4.80. The van der Waals surface area contributed by atoms with E-state index in [1.807, 2.05) is 66.7 Å². The lowest BCUT2D eigenvalue weighted by molar-refractivity contribution is -0.130. The number of amidine groups is 1. The number of hydrogen-bond acceptors (Lipinski definition) is 5. The highest BCUT2D eigenvalue weighted by Crippen LogP contribution is 2.12. The van der Waals surface area contributed by atoms with Crippen LogP contribution in [0.5, 0.6) is 0 Å². The van der Waals surface area contributed by atoms with Crippen LogP contribution >= 0.6 is 0 Å². The number of aryl methyl sites for hydroxylation is 2. The first-order chi connectivity index (χ1) is 22.2. The molecule has 2 atom stereocenters. The fraction of sp³-hybridized carbons (Fsp3) is 0.250. The van der Waals surface area contributed by atoms with Gasteiger partial charge in [0.1, 0.15) is 17.9 Å². The molecule has 4 aromatic carbocycles. The molecule has 0 spiro atoms. The molecule has 0 heterocycles. The van der Waals surface area contributed by atoms with Crippen LogP contribution in [0.25, 0.3) is 0 Å². The van der Waals surface area contributed by atoms with Crippen molar-refractivity contribution in [2.75, 3.05) is 0 Å². The fourth-order valence-electron chi connectivity index (χ4n) is 5.06. The zero-order valence-electron chi connectivity index (χ0n) is 25.7. The average molecular weight is 640 g/mol. The molecule has 0 aromatic heterocycles. The topological polar surface area (TPSA) is 154 Å². The average Bonchev–Trinajstić information content (AvgIpc) is 3.06. The lowest BCUT2D eigenvalue weighted by Crippen LogP contribution is -2.53. The van der Waals surface area contributed by atoms with E-state index in [1.54, 1.807) is 48.5 Å². The van der Waals surface area contributed by atoms with Gasteiger partial charge in [0.2, 0.25) is 21.8 Å². The highest BCUT2D eigenvalue weighted by molar-refractivity contribution is 7.88. The van der Waals surface area contributed by atoms with Gasteiger partial charge in [-0.2, -0.15) is 0 Å². The first kappa shape index (κ1) is 34.1. The number of benzene rings is 4. The Morgan fingerprint density at radius 3 is 1.76 bits per heavy atom. The minimum absolute atomic E-state index is 0.0445. The van der Waals surface area contributed by atoms with Crippen molar-refractivity contribution in [3.63, 3.8) is 0 Å². The van der Waals surface area contributed by atoms with Gasteiger partial charge in [0.05, 0.1) is 5.75 Å². The number of carbonyl (C=O) groups excluding carboxylic acids is 2. The molecule has 2 unspecified atom stereocenters. The maximum Gasteiger partial charge on any atom is 0.242 e. The zero-order valence-corrected chi connectivity index (χ0v) is 26.5. The van der Waals surface area contributed by atoms with Gasteiger partial charge in [-0.15, -0.1) is 0 Å². The van der Waals surface area contributed by atoms with Gasteiger partial charge in [-0.3, -0.25) is 15.0 Å². The third kappa shape index (κ3) is 11.3. The first-order valence-corrected chi connectivity index (χ1v) is 17.0. The summed E-state index contributed by atoms with van der Waals surface area (Å²) in [5.41, 5.74) is 9.64. The van der Waals surface area contributed by atoms with Crippen LogP contribution in [0, 0.1) is 5.41 Å². The Morgan fingerprint density at radius 2 is 1.20 bits per heavy atom. The molecule has 0 aliphatic heterocycles. The first-order valence-electron chi connectivity index (χ1n) is 15.3. The van der Waals surface area contributed by atoms with E-state index >= 15 is 0 Å². The van der Waals surface area contributed by atoms with Crippen molar-refractivity contribution < 1.29 is 18.0 Å². The van der Waals surface area contributed by atoms with Crippen LogP contribution < -0.4 is 21.1 Å². The molecule has 4 aromatic rings. The van der Waals surface area contributed by atoms with Crippen molar-refractivity contribution in [2.45, 2.75) is 56.5 Å². The number of rotatable bonds is 17. The molecule has 0 bridgehead atoms. The SMILES string of the molecule is N=C(N)c1ccc(CNC(=O)C(CCc2ccccc2)NC(=O)C(CCCc2ccccc2)NS(=O)(=O)Cc2ccccc2)cc1. The summed E-state index contributed by atoms with van der Waals surface area (Å²) < 4.78 is 29.0. The van der Waals surface area contributed by atoms with E-state index in [9.17, 15) is 18.0 Å². The fourth-order valence-corrected chi connectivity index (χ4v) is 6.43. The zero-order chi connectivity index (χ0) is 32.8. The molecule has 0 saturated heterocycles. The van der Waals surface area contributed by atoms with Gasteiger partial charge in [0.25, 0.3) is 0 Å². The molecule has 0 aliphatic carbocycles. The van der Waals surface area contributed by atoms with Gasteiger partial charge in [0, 0.05) is 12.1 Å². The van der Waals surface area contributed by atoms with Gasteiger partial charge in [-0.05, 0) is 54.4 Å². The summed E-state index contributed by atoms with van der Waals surface area (Å²) in [6, 6.07) is 33.2. The summed E-state index contributed by atoms with van der Waals surface area (Å²) in [7, 11) is -3.88. The predicted octanol–water partition coefficient (Wildman–Crippen LogP) is 4.22. The van der Waals surface area contributed by atoms with Crippen molar-refractivity contribution in [3.8, 4) is 0 Å². The summed E-state index contributed by atoms with van der Waals surface area (Å²) in [6.07, 6.45) is 2.34. The molecule has 46 heavy (non-hydrogen) atoms. The Kier molecular flexibility index (Phi) is 12.6. The highest BCUT2D eigenvalue weighted by Gasteiger charge is 2.28. The van der Waals surface area contributed by atoms with Crippen molar-refractivity contribution in [1.29, 1.82) is 5.41 Å². The highest BCUT2D eigenvalue weighted by atomic mass is 32.2. The molecule has 9 nitrogen and oxygen atoms in total.